The molecule has 2 atom stereocenters. The van der Waals surface area contributed by atoms with Crippen LogP contribution in [-0.2, 0) is 14.4 Å². The molecule has 0 spiro atoms. The molecule has 3 heterocycles. The third-order valence-electron chi connectivity index (χ3n) is 7.09. The maximum Gasteiger partial charge on any atom is 0.255 e. The average Bonchev–Trinajstić information content (AvgIpc) is 3.23. The highest BCUT2D eigenvalue weighted by atomic mass is 16.5. The summed E-state index contributed by atoms with van der Waals surface area (Å²) in [5.74, 6) is -1.07. The van der Waals surface area contributed by atoms with Crippen LogP contribution in [0, 0.1) is 0 Å². The van der Waals surface area contributed by atoms with E-state index in [9.17, 15) is 19.2 Å². The Labute approximate surface area is 212 Å². The summed E-state index contributed by atoms with van der Waals surface area (Å²) >= 11 is 0. The molecule has 0 aromatic heterocycles. The van der Waals surface area contributed by atoms with Crippen LogP contribution in [0.4, 0.5) is 0 Å². The summed E-state index contributed by atoms with van der Waals surface area (Å²) in [5, 5.41) is 8.49. The predicted octanol–water partition coefficient (Wildman–Crippen LogP) is 0.667. The van der Waals surface area contributed by atoms with E-state index in [1.165, 1.54) is 17.7 Å². The molecule has 3 N–H and O–H groups in total. The topological polar surface area (TPSA) is 120 Å². The van der Waals surface area contributed by atoms with Crippen molar-refractivity contribution >= 4 is 23.6 Å². The van der Waals surface area contributed by atoms with Gasteiger partial charge < -0.3 is 30.5 Å². The van der Waals surface area contributed by atoms with E-state index < -0.39 is 23.9 Å². The molecule has 4 rings (SSSR count). The zero-order chi connectivity index (χ0) is 25.3. The van der Waals surface area contributed by atoms with Crippen LogP contribution in [0.25, 0.3) is 0 Å². The highest BCUT2D eigenvalue weighted by Gasteiger charge is 2.36. The zero-order valence-electron chi connectivity index (χ0n) is 20.8. The summed E-state index contributed by atoms with van der Waals surface area (Å²) in [5.41, 5.74) is 0.273. The Morgan fingerprint density at radius 3 is 2.61 bits per heavy atom. The van der Waals surface area contributed by atoms with Crippen molar-refractivity contribution in [2.24, 2.45) is 0 Å². The number of hydrogen-bond donors (Lipinski definition) is 3. The fourth-order valence-electron chi connectivity index (χ4n) is 5.13. The number of para-hydroxylation sites is 1. The second-order valence-electron chi connectivity index (χ2n) is 9.66. The molecule has 0 bridgehead atoms. The number of carbonyl (C=O) groups excluding carboxylic acids is 4. The standard InChI is InChI=1S/C26H37N5O5/c32-23-18-20(25(34)27-11-16-30-13-5-1-2-6-14-30)29-24(33)19-8-3-4-10-22(19)36-17-12-28-26(35)21-9-7-15-31(21)23/h3-4,8,10,20-21H,1-2,5-7,9,11-18H2,(H,27,34)(H,28,35)(H,29,33)/t20-,21-/m0/s1. The Hall–Kier alpha value is -3.14. The molecule has 0 unspecified atom stereocenters. The monoisotopic (exact) mass is 499 g/mol. The number of amides is 4. The van der Waals surface area contributed by atoms with Gasteiger partial charge in [0.05, 0.1) is 18.5 Å². The maximum absolute atomic E-state index is 13.2. The van der Waals surface area contributed by atoms with Crippen LogP contribution in [0.15, 0.2) is 24.3 Å². The number of ether oxygens (including phenoxy) is 1. The van der Waals surface area contributed by atoms with E-state index in [4.69, 9.17) is 4.74 Å². The van der Waals surface area contributed by atoms with Crippen LogP contribution in [-0.4, -0.2) is 91.4 Å². The molecule has 36 heavy (non-hydrogen) atoms. The predicted molar refractivity (Wildman–Crippen MR) is 133 cm³/mol. The number of nitrogens with one attached hydrogen (secondary N) is 3. The van der Waals surface area contributed by atoms with E-state index in [1.807, 2.05) is 0 Å². The molecule has 10 heteroatoms. The number of hydrogen-bond acceptors (Lipinski definition) is 6. The number of benzene rings is 1. The molecular formula is C26H37N5O5. The summed E-state index contributed by atoms with van der Waals surface area (Å²) < 4.78 is 5.76. The number of carbonyl (C=O) groups is 4. The number of nitrogens with zero attached hydrogens (tertiary/aromatic N) is 2. The fourth-order valence-corrected chi connectivity index (χ4v) is 5.13. The van der Waals surface area contributed by atoms with Crippen molar-refractivity contribution in [3.63, 3.8) is 0 Å². The van der Waals surface area contributed by atoms with Crippen molar-refractivity contribution in [1.82, 2.24) is 25.8 Å². The molecular weight excluding hydrogens is 462 g/mol. The molecule has 0 aliphatic carbocycles. The maximum atomic E-state index is 13.2. The normalized spacial score (nSPS) is 24.3. The minimum atomic E-state index is -1.06. The summed E-state index contributed by atoms with van der Waals surface area (Å²) in [7, 11) is 0. The highest BCUT2D eigenvalue weighted by Crippen LogP contribution is 2.21. The summed E-state index contributed by atoms with van der Waals surface area (Å²) in [6.45, 7) is 4.09. The molecule has 2 saturated heterocycles. The van der Waals surface area contributed by atoms with Gasteiger partial charge in [-0.3, -0.25) is 19.2 Å². The van der Waals surface area contributed by atoms with Crippen LogP contribution < -0.4 is 20.7 Å². The SMILES string of the molecule is O=C1N[C@H](C(=O)NCCN2CCCCCC2)CC(=O)N2CCC[C@H]2C(=O)NCCOc2ccccc21. The zero-order valence-corrected chi connectivity index (χ0v) is 20.8. The van der Waals surface area contributed by atoms with Gasteiger partial charge in [0, 0.05) is 19.6 Å². The van der Waals surface area contributed by atoms with E-state index in [1.54, 1.807) is 24.3 Å². The molecule has 1 aromatic carbocycles. The largest absolute Gasteiger partial charge is 0.491 e. The van der Waals surface area contributed by atoms with Gasteiger partial charge in [0.1, 0.15) is 24.4 Å². The molecule has 4 amide bonds. The molecule has 10 nitrogen and oxygen atoms in total. The lowest BCUT2D eigenvalue weighted by Crippen LogP contribution is -2.52. The Bertz CT molecular complexity index is 946. The van der Waals surface area contributed by atoms with Crippen molar-refractivity contribution in [1.29, 1.82) is 0 Å². The highest BCUT2D eigenvalue weighted by molar-refractivity contribution is 6.01. The van der Waals surface area contributed by atoms with Crippen molar-refractivity contribution in [3.8, 4) is 5.75 Å². The van der Waals surface area contributed by atoms with Crippen molar-refractivity contribution in [3.05, 3.63) is 29.8 Å². The Morgan fingerprint density at radius 2 is 1.81 bits per heavy atom. The molecule has 2 fully saturated rings. The van der Waals surface area contributed by atoms with Crippen LogP contribution in [0.5, 0.6) is 5.75 Å². The van der Waals surface area contributed by atoms with Gasteiger partial charge in [0.25, 0.3) is 5.91 Å². The van der Waals surface area contributed by atoms with Crippen molar-refractivity contribution < 1.29 is 23.9 Å². The molecule has 3 aliphatic heterocycles. The molecule has 0 radical (unpaired) electrons. The lowest BCUT2D eigenvalue weighted by molar-refractivity contribution is -0.140. The minimum absolute atomic E-state index is 0.178. The lowest BCUT2D eigenvalue weighted by Gasteiger charge is -2.27. The van der Waals surface area contributed by atoms with Gasteiger partial charge in [-0.1, -0.05) is 25.0 Å². The van der Waals surface area contributed by atoms with E-state index in [2.05, 4.69) is 20.9 Å². The number of likely N-dealkylation sites (tertiary alicyclic amines) is 1. The molecule has 0 saturated carbocycles. The van der Waals surface area contributed by atoms with Gasteiger partial charge >= 0.3 is 0 Å². The third-order valence-corrected chi connectivity index (χ3v) is 7.09. The van der Waals surface area contributed by atoms with Crippen LogP contribution >= 0.6 is 0 Å². The van der Waals surface area contributed by atoms with Crippen molar-refractivity contribution in [2.75, 3.05) is 45.9 Å². The average molecular weight is 500 g/mol. The Morgan fingerprint density at radius 1 is 1.03 bits per heavy atom. The smallest absolute Gasteiger partial charge is 0.255 e. The van der Waals surface area contributed by atoms with E-state index in [0.717, 1.165) is 32.5 Å². The quantitative estimate of drug-likeness (QED) is 0.560. The first-order chi connectivity index (χ1) is 17.5. The summed E-state index contributed by atoms with van der Waals surface area (Å²) in [4.78, 5) is 56.2. The molecule has 196 valence electrons. The van der Waals surface area contributed by atoms with E-state index in [-0.39, 0.29) is 37.0 Å². The fraction of sp³-hybridized carbons (Fsp3) is 0.615. The van der Waals surface area contributed by atoms with Gasteiger partial charge in [-0.05, 0) is 50.9 Å². The first kappa shape index (κ1) is 25.9. The van der Waals surface area contributed by atoms with Crippen molar-refractivity contribution in [2.45, 2.75) is 57.0 Å². The van der Waals surface area contributed by atoms with Crippen LogP contribution in [0.1, 0.15) is 55.3 Å². The van der Waals surface area contributed by atoms with Gasteiger partial charge in [0.15, 0.2) is 0 Å². The lowest BCUT2D eigenvalue weighted by atomic mass is 10.1. The van der Waals surface area contributed by atoms with Gasteiger partial charge in [-0.2, -0.15) is 0 Å². The summed E-state index contributed by atoms with van der Waals surface area (Å²) in [6.07, 6.45) is 5.86. The Balaban J connectivity index is 1.49. The first-order valence-electron chi connectivity index (χ1n) is 13.1. The second-order valence-corrected chi connectivity index (χ2v) is 9.66. The summed E-state index contributed by atoms with van der Waals surface area (Å²) in [6, 6.07) is 5.11. The number of fused-ring (bicyclic) bond motifs is 2. The van der Waals surface area contributed by atoms with E-state index >= 15 is 0 Å². The minimum Gasteiger partial charge on any atom is -0.491 e. The van der Waals surface area contributed by atoms with Gasteiger partial charge in [-0.25, -0.2) is 0 Å². The van der Waals surface area contributed by atoms with Gasteiger partial charge in [-0.15, -0.1) is 0 Å². The van der Waals surface area contributed by atoms with Gasteiger partial charge in [0.2, 0.25) is 17.7 Å². The van der Waals surface area contributed by atoms with Crippen LogP contribution in [0.3, 0.4) is 0 Å². The van der Waals surface area contributed by atoms with E-state index in [0.29, 0.717) is 31.7 Å². The Kier molecular flexibility index (Phi) is 9.16. The second kappa shape index (κ2) is 12.7. The molecule has 3 aliphatic rings. The number of rotatable bonds is 4. The molecule has 1 aromatic rings. The third kappa shape index (κ3) is 6.75. The first-order valence-corrected chi connectivity index (χ1v) is 13.1. The van der Waals surface area contributed by atoms with Crippen LogP contribution in [0.2, 0.25) is 0 Å².